The first kappa shape index (κ1) is 25.5. The van der Waals surface area contributed by atoms with Crippen LogP contribution >= 0.6 is 11.9 Å². The molecule has 0 saturated heterocycles. The van der Waals surface area contributed by atoms with Gasteiger partial charge in [0.05, 0.1) is 0 Å². The second kappa shape index (κ2) is 11.2. The lowest BCUT2D eigenvalue weighted by Crippen LogP contribution is -2.15. The molecule has 4 nitrogen and oxygen atoms in total. The first-order chi connectivity index (χ1) is 15.3. The molecule has 2 N–H and O–H groups in total. The number of carbonyl (C=O) groups excluding carboxylic acids is 1. The zero-order chi connectivity index (χ0) is 24.0. The van der Waals surface area contributed by atoms with Crippen LogP contribution in [0.2, 0.25) is 0 Å². The van der Waals surface area contributed by atoms with Gasteiger partial charge in [0.1, 0.15) is 5.69 Å². The first-order valence-corrected chi connectivity index (χ1v) is 11.0. The van der Waals surface area contributed by atoms with E-state index in [9.17, 15) is 26.7 Å². The number of ether oxygens (including phenoxy) is 1. The summed E-state index contributed by atoms with van der Waals surface area (Å²) in [5, 5.41) is 0.639. The van der Waals surface area contributed by atoms with Crippen molar-refractivity contribution in [3.05, 3.63) is 58.5 Å². The fraction of sp³-hybridized carbons (Fsp3) is 0.318. The van der Waals surface area contributed by atoms with Crippen molar-refractivity contribution in [2.45, 2.75) is 40.5 Å². The summed E-state index contributed by atoms with van der Waals surface area (Å²) in [5.41, 5.74) is 1.57. The smallest absolute Gasteiger partial charge is 0.360 e. The standard InChI is InChI=1S/C20H17F5N2O2S.C2H6/c1-3-4-7-30-27-10-5-6-12-11(8-10)9(2)18(26-12)20(28)29-19-16(24)14(22)13(21)15(23)17(19)25;1-2/h5-6,8,26-27H,3-4,7H2,1-2H3;1-2H3. The topological polar surface area (TPSA) is 54.1 Å². The molecule has 1 heterocycles. The SMILES string of the molecule is CC.CCCCSNc1ccc2[nH]c(C(=O)Oc3c(F)c(F)c(F)c(F)c3F)c(C)c2c1. The maximum Gasteiger partial charge on any atom is 0.360 e. The number of aromatic nitrogens is 1. The monoisotopic (exact) mass is 474 g/mol. The summed E-state index contributed by atoms with van der Waals surface area (Å²) in [6, 6.07) is 5.24. The third kappa shape index (κ3) is 5.17. The van der Waals surface area contributed by atoms with Gasteiger partial charge >= 0.3 is 5.97 Å². The summed E-state index contributed by atoms with van der Waals surface area (Å²) in [4.78, 5) is 15.2. The Kier molecular flexibility index (Phi) is 8.94. The van der Waals surface area contributed by atoms with E-state index in [0.29, 0.717) is 16.5 Å². The molecule has 0 unspecified atom stereocenters. The zero-order valence-electron chi connectivity index (χ0n) is 18.0. The first-order valence-electron chi connectivity index (χ1n) is 10.00. The molecule has 32 heavy (non-hydrogen) atoms. The molecule has 0 aliphatic carbocycles. The van der Waals surface area contributed by atoms with E-state index in [4.69, 9.17) is 0 Å². The molecular weight excluding hydrogens is 451 g/mol. The number of hydrogen-bond donors (Lipinski definition) is 2. The lowest BCUT2D eigenvalue weighted by molar-refractivity contribution is 0.0710. The van der Waals surface area contributed by atoms with Crippen LogP contribution in [0.15, 0.2) is 18.2 Å². The van der Waals surface area contributed by atoms with Crippen molar-refractivity contribution < 1.29 is 31.5 Å². The van der Waals surface area contributed by atoms with Gasteiger partial charge in [0.25, 0.3) is 0 Å². The number of esters is 1. The molecule has 174 valence electrons. The van der Waals surface area contributed by atoms with Crippen LogP contribution in [0.4, 0.5) is 27.6 Å². The van der Waals surface area contributed by atoms with Crippen LogP contribution in [-0.2, 0) is 0 Å². The van der Waals surface area contributed by atoms with Gasteiger partial charge in [-0.3, -0.25) is 0 Å². The predicted molar refractivity (Wildman–Crippen MR) is 117 cm³/mol. The van der Waals surface area contributed by atoms with Gasteiger partial charge in [-0.1, -0.05) is 39.1 Å². The highest BCUT2D eigenvalue weighted by Gasteiger charge is 2.29. The Bertz CT molecular complexity index is 1090. The summed E-state index contributed by atoms with van der Waals surface area (Å²) < 4.78 is 75.1. The molecule has 2 aromatic carbocycles. The summed E-state index contributed by atoms with van der Waals surface area (Å²) in [7, 11) is 0. The molecule has 1 aromatic heterocycles. The van der Waals surface area contributed by atoms with E-state index >= 15 is 0 Å². The molecule has 3 aromatic rings. The number of hydrogen-bond acceptors (Lipinski definition) is 4. The number of halogens is 5. The fourth-order valence-electron chi connectivity index (χ4n) is 2.76. The van der Waals surface area contributed by atoms with Crippen molar-refractivity contribution >= 4 is 34.5 Å². The lowest BCUT2D eigenvalue weighted by Gasteiger charge is -2.08. The molecule has 3 rings (SSSR count). The normalized spacial score (nSPS) is 10.7. The van der Waals surface area contributed by atoms with Crippen molar-refractivity contribution in [3.63, 3.8) is 0 Å². The largest absolute Gasteiger partial charge is 0.415 e. The van der Waals surface area contributed by atoms with Crippen molar-refractivity contribution in [1.29, 1.82) is 0 Å². The van der Waals surface area contributed by atoms with Gasteiger partial charge in [-0.05, 0) is 37.1 Å². The second-order valence-corrected chi connectivity index (χ2v) is 7.38. The fourth-order valence-corrected chi connectivity index (χ4v) is 3.59. The van der Waals surface area contributed by atoms with Crippen LogP contribution in [0.25, 0.3) is 10.9 Å². The maximum absolute atomic E-state index is 13.8. The van der Waals surface area contributed by atoms with Crippen molar-refractivity contribution in [2.24, 2.45) is 0 Å². The average molecular weight is 474 g/mol. The molecule has 0 amide bonds. The number of H-pyrrole nitrogens is 1. The van der Waals surface area contributed by atoms with Crippen LogP contribution in [-0.4, -0.2) is 16.7 Å². The van der Waals surface area contributed by atoms with E-state index in [-0.39, 0.29) is 5.69 Å². The molecule has 0 fully saturated rings. The highest BCUT2D eigenvalue weighted by Crippen LogP contribution is 2.31. The van der Waals surface area contributed by atoms with Gasteiger partial charge in [-0.25, -0.2) is 18.0 Å². The summed E-state index contributed by atoms with van der Waals surface area (Å²) >= 11 is 1.53. The second-order valence-electron chi connectivity index (χ2n) is 6.48. The number of nitrogens with one attached hydrogen (secondary N) is 2. The molecule has 10 heteroatoms. The number of rotatable bonds is 7. The third-order valence-corrected chi connectivity index (χ3v) is 5.29. The molecule has 0 aliphatic rings. The van der Waals surface area contributed by atoms with Gasteiger partial charge < -0.3 is 14.4 Å². The Morgan fingerprint density at radius 2 is 1.62 bits per heavy atom. The molecule has 0 spiro atoms. The number of aryl methyl sites for hydroxylation is 1. The lowest BCUT2D eigenvalue weighted by atomic mass is 10.1. The van der Waals surface area contributed by atoms with E-state index in [1.54, 1.807) is 25.1 Å². The molecule has 0 saturated carbocycles. The molecule has 0 bridgehead atoms. The van der Waals surface area contributed by atoms with Gasteiger partial charge in [0, 0.05) is 22.3 Å². The van der Waals surface area contributed by atoms with Gasteiger partial charge in [0.15, 0.2) is 0 Å². The van der Waals surface area contributed by atoms with Gasteiger partial charge in [0.2, 0.25) is 34.8 Å². The summed E-state index contributed by atoms with van der Waals surface area (Å²) in [6.45, 7) is 7.66. The number of anilines is 1. The van der Waals surface area contributed by atoms with Crippen LogP contribution in [0.5, 0.6) is 5.75 Å². The molecular formula is C22H23F5N2O2S. The quantitative estimate of drug-likeness (QED) is 0.0719. The highest BCUT2D eigenvalue weighted by molar-refractivity contribution is 8.00. The van der Waals surface area contributed by atoms with Crippen molar-refractivity contribution in [3.8, 4) is 5.75 Å². The number of aromatic amines is 1. The van der Waals surface area contributed by atoms with Crippen LogP contribution < -0.4 is 9.46 Å². The number of benzene rings is 2. The number of carbonyl (C=O) groups is 1. The molecule has 0 aliphatic heterocycles. The minimum Gasteiger partial charge on any atom is -0.415 e. The molecule has 0 radical (unpaired) electrons. The Morgan fingerprint density at radius 3 is 2.22 bits per heavy atom. The summed E-state index contributed by atoms with van der Waals surface area (Å²) in [5.74, 6) is -13.2. The maximum atomic E-state index is 13.8. The predicted octanol–water partition coefficient (Wildman–Crippen LogP) is 7.28. The third-order valence-electron chi connectivity index (χ3n) is 4.42. The Balaban J connectivity index is 0.00000176. The van der Waals surface area contributed by atoms with E-state index < -0.39 is 40.8 Å². The van der Waals surface area contributed by atoms with Gasteiger partial charge in [-0.2, -0.15) is 8.78 Å². The van der Waals surface area contributed by atoms with Crippen LogP contribution in [0.3, 0.4) is 0 Å². The van der Waals surface area contributed by atoms with Crippen molar-refractivity contribution in [1.82, 2.24) is 4.98 Å². The Morgan fingerprint density at radius 1 is 1.03 bits per heavy atom. The van der Waals surface area contributed by atoms with E-state index in [2.05, 4.69) is 21.4 Å². The van der Waals surface area contributed by atoms with Crippen LogP contribution in [0.1, 0.15) is 49.7 Å². The minimum atomic E-state index is -2.33. The van der Waals surface area contributed by atoms with Crippen LogP contribution in [0, 0.1) is 36.0 Å². The number of fused-ring (bicyclic) bond motifs is 1. The number of unbranched alkanes of at least 4 members (excludes halogenated alkanes) is 1. The van der Waals surface area contributed by atoms with Crippen molar-refractivity contribution in [2.75, 3.05) is 10.5 Å². The Hall–Kier alpha value is -2.75. The van der Waals surface area contributed by atoms with E-state index in [0.717, 1.165) is 24.3 Å². The Labute approximate surface area is 186 Å². The summed E-state index contributed by atoms with van der Waals surface area (Å²) in [6.07, 6.45) is 2.12. The average Bonchev–Trinajstić information content (AvgIpc) is 3.14. The van der Waals surface area contributed by atoms with E-state index in [1.807, 2.05) is 13.8 Å². The van der Waals surface area contributed by atoms with E-state index in [1.165, 1.54) is 11.9 Å². The molecule has 0 atom stereocenters. The zero-order valence-corrected chi connectivity index (χ0v) is 18.8. The van der Waals surface area contributed by atoms with Gasteiger partial charge in [-0.15, -0.1) is 0 Å². The highest BCUT2D eigenvalue weighted by atomic mass is 32.2. The minimum absolute atomic E-state index is 0.162.